The van der Waals surface area contributed by atoms with Crippen molar-refractivity contribution < 1.29 is 29.4 Å². The molecule has 10 heteroatoms. The molecule has 39 heavy (non-hydrogen) atoms. The molecule has 0 saturated carbocycles. The van der Waals surface area contributed by atoms with E-state index >= 15 is 0 Å². The van der Waals surface area contributed by atoms with Crippen LogP contribution in [-0.4, -0.2) is 69.5 Å². The van der Waals surface area contributed by atoms with Gasteiger partial charge in [0.15, 0.2) is 0 Å². The number of aliphatic carboxylic acids is 1. The molecule has 6 N–H and O–H groups in total. The van der Waals surface area contributed by atoms with Gasteiger partial charge in [-0.25, -0.2) is 4.79 Å². The number of rotatable bonds is 12. The maximum atomic E-state index is 13.6. The number of amides is 3. The molecule has 0 aliphatic carbocycles. The van der Waals surface area contributed by atoms with Crippen LogP contribution < -0.4 is 16.4 Å². The van der Waals surface area contributed by atoms with Gasteiger partial charge < -0.3 is 31.5 Å². The minimum Gasteiger partial charge on any atom is -0.508 e. The van der Waals surface area contributed by atoms with Gasteiger partial charge in [-0.1, -0.05) is 62.7 Å². The maximum absolute atomic E-state index is 13.6. The molecule has 210 valence electrons. The lowest BCUT2D eigenvalue weighted by atomic mass is 9.98. The highest BCUT2D eigenvalue weighted by Crippen LogP contribution is 2.20. The number of hydrogen-bond acceptors (Lipinski definition) is 6. The smallest absolute Gasteiger partial charge is 0.326 e. The number of nitrogens with one attached hydrogen (secondary N) is 2. The molecular weight excluding hydrogens is 500 g/mol. The highest BCUT2D eigenvalue weighted by Gasteiger charge is 2.38. The van der Waals surface area contributed by atoms with Gasteiger partial charge in [-0.2, -0.15) is 0 Å². The maximum Gasteiger partial charge on any atom is 0.326 e. The first-order chi connectivity index (χ1) is 18.6. The van der Waals surface area contributed by atoms with Crippen LogP contribution in [0.4, 0.5) is 0 Å². The Morgan fingerprint density at radius 3 is 2.15 bits per heavy atom. The average molecular weight is 539 g/mol. The van der Waals surface area contributed by atoms with Crippen LogP contribution in [0.5, 0.6) is 5.75 Å². The molecule has 1 heterocycles. The van der Waals surface area contributed by atoms with Crippen molar-refractivity contribution in [2.24, 2.45) is 11.7 Å². The molecule has 5 unspecified atom stereocenters. The van der Waals surface area contributed by atoms with E-state index in [-0.39, 0.29) is 31.1 Å². The van der Waals surface area contributed by atoms with Gasteiger partial charge in [0.1, 0.15) is 23.9 Å². The van der Waals surface area contributed by atoms with Crippen molar-refractivity contribution in [1.82, 2.24) is 15.5 Å². The average Bonchev–Trinajstić information content (AvgIpc) is 3.43. The first kappa shape index (κ1) is 29.6. The highest BCUT2D eigenvalue weighted by atomic mass is 16.4. The highest BCUT2D eigenvalue weighted by molar-refractivity contribution is 5.94. The van der Waals surface area contributed by atoms with Gasteiger partial charge in [0.2, 0.25) is 17.7 Å². The Balaban J connectivity index is 1.87. The van der Waals surface area contributed by atoms with Crippen LogP contribution in [0.2, 0.25) is 0 Å². The molecule has 0 bridgehead atoms. The summed E-state index contributed by atoms with van der Waals surface area (Å²) >= 11 is 0. The zero-order valence-electron chi connectivity index (χ0n) is 22.4. The van der Waals surface area contributed by atoms with Crippen molar-refractivity contribution in [3.8, 4) is 5.75 Å². The van der Waals surface area contributed by atoms with Crippen LogP contribution in [0.1, 0.15) is 44.2 Å². The second-order valence-electron chi connectivity index (χ2n) is 10.1. The van der Waals surface area contributed by atoms with Gasteiger partial charge in [0.05, 0.1) is 6.04 Å². The molecule has 5 atom stereocenters. The third-order valence-electron chi connectivity index (χ3n) is 7.29. The second-order valence-corrected chi connectivity index (χ2v) is 10.1. The number of nitrogens with two attached hydrogens (primary N) is 1. The minimum atomic E-state index is -1.09. The fourth-order valence-electron chi connectivity index (χ4n) is 4.67. The SMILES string of the molecule is CCC(C)C(N)C(=O)NC(Cc1ccccc1)C(=O)NC(Cc1ccc(O)cc1)C(=O)N1CCCC1C(=O)O. The minimum absolute atomic E-state index is 0.0550. The van der Waals surface area contributed by atoms with E-state index in [1.807, 2.05) is 44.2 Å². The van der Waals surface area contributed by atoms with Gasteiger partial charge in [0.25, 0.3) is 0 Å². The Morgan fingerprint density at radius 1 is 0.949 bits per heavy atom. The first-order valence-electron chi connectivity index (χ1n) is 13.3. The van der Waals surface area contributed by atoms with Crippen molar-refractivity contribution in [2.75, 3.05) is 6.54 Å². The molecule has 2 aromatic carbocycles. The zero-order chi connectivity index (χ0) is 28.5. The lowest BCUT2D eigenvalue weighted by Crippen LogP contribution is -2.58. The number of likely N-dealkylation sites (tertiary alicyclic amines) is 1. The molecule has 0 spiro atoms. The summed E-state index contributed by atoms with van der Waals surface area (Å²) in [6.07, 6.45) is 1.82. The van der Waals surface area contributed by atoms with E-state index in [2.05, 4.69) is 10.6 Å². The Morgan fingerprint density at radius 2 is 1.54 bits per heavy atom. The second kappa shape index (κ2) is 13.7. The summed E-state index contributed by atoms with van der Waals surface area (Å²) in [6, 6.07) is 11.5. The molecule has 1 aliphatic heterocycles. The van der Waals surface area contributed by atoms with E-state index < -0.39 is 47.9 Å². The molecule has 1 aliphatic rings. The number of nitrogens with zero attached hydrogens (tertiary/aromatic N) is 1. The summed E-state index contributed by atoms with van der Waals surface area (Å²) in [5.74, 6) is -2.69. The summed E-state index contributed by atoms with van der Waals surface area (Å²) in [4.78, 5) is 53.2. The Labute approximate surface area is 228 Å². The number of benzene rings is 2. The quantitative estimate of drug-likeness (QED) is 0.274. The van der Waals surface area contributed by atoms with Crippen molar-refractivity contribution >= 4 is 23.7 Å². The number of carbonyl (C=O) groups excluding carboxylic acids is 3. The fourth-order valence-corrected chi connectivity index (χ4v) is 4.67. The van der Waals surface area contributed by atoms with Crippen LogP contribution in [-0.2, 0) is 32.0 Å². The predicted molar refractivity (Wildman–Crippen MR) is 146 cm³/mol. The number of aromatic hydroxyl groups is 1. The normalized spacial score (nSPS) is 18.0. The fraction of sp³-hybridized carbons (Fsp3) is 0.448. The van der Waals surface area contributed by atoms with Gasteiger partial charge in [-0.05, 0) is 42.0 Å². The summed E-state index contributed by atoms with van der Waals surface area (Å²) in [5, 5.41) is 24.8. The molecule has 0 aromatic heterocycles. The van der Waals surface area contributed by atoms with Gasteiger partial charge >= 0.3 is 5.97 Å². The Bertz CT molecular complexity index is 1140. The van der Waals surface area contributed by atoms with Crippen molar-refractivity contribution in [1.29, 1.82) is 0 Å². The van der Waals surface area contributed by atoms with E-state index in [4.69, 9.17) is 5.73 Å². The summed E-state index contributed by atoms with van der Waals surface area (Å²) < 4.78 is 0. The summed E-state index contributed by atoms with van der Waals surface area (Å²) in [5.41, 5.74) is 7.60. The number of phenols is 1. The van der Waals surface area contributed by atoms with Crippen LogP contribution in [0.15, 0.2) is 54.6 Å². The van der Waals surface area contributed by atoms with E-state index in [1.165, 1.54) is 17.0 Å². The van der Waals surface area contributed by atoms with Crippen LogP contribution >= 0.6 is 0 Å². The molecule has 1 fully saturated rings. The molecule has 10 nitrogen and oxygen atoms in total. The Hall–Kier alpha value is -3.92. The number of carbonyl (C=O) groups is 4. The van der Waals surface area contributed by atoms with E-state index in [0.29, 0.717) is 24.8 Å². The van der Waals surface area contributed by atoms with E-state index in [1.54, 1.807) is 12.1 Å². The molecule has 2 aromatic rings. The zero-order valence-corrected chi connectivity index (χ0v) is 22.4. The third-order valence-corrected chi connectivity index (χ3v) is 7.29. The molecule has 1 saturated heterocycles. The lowest BCUT2D eigenvalue weighted by molar-refractivity contribution is -0.149. The van der Waals surface area contributed by atoms with Crippen LogP contribution in [0.3, 0.4) is 0 Å². The van der Waals surface area contributed by atoms with Crippen LogP contribution in [0, 0.1) is 5.92 Å². The van der Waals surface area contributed by atoms with Gasteiger partial charge in [-0.15, -0.1) is 0 Å². The lowest BCUT2D eigenvalue weighted by Gasteiger charge is -2.29. The van der Waals surface area contributed by atoms with Crippen molar-refractivity contribution in [3.05, 3.63) is 65.7 Å². The van der Waals surface area contributed by atoms with E-state index in [9.17, 15) is 29.4 Å². The molecule has 0 radical (unpaired) electrons. The Kier molecular flexibility index (Phi) is 10.4. The molecular formula is C29H38N4O6. The van der Waals surface area contributed by atoms with Crippen molar-refractivity contribution in [2.45, 2.75) is 70.1 Å². The monoisotopic (exact) mass is 538 g/mol. The third kappa shape index (κ3) is 8.03. The van der Waals surface area contributed by atoms with Gasteiger partial charge in [0, 0.05) is 19.4 Å². The van der Waals surface area contributed by atoms with Gasteiger partial charge in [-0.3, -0.25) is 14.4 Å². The number of carboxylic acids is 1. The standard InChI is InChI=1S/C29H38N4O6/c1-3-18(2)25(30)27(36)31-22(16-19-8-5-4-6-9-19)26(35)32-23(17-20-11-13-21(34)14-12-20)28(37)33-15-7-10-24(33)29(38)39/h4-6,8-9,11-14,18,22-25,34H,3,7,10,15-17,30H2,1-2H3,(H,31,36)(H,32,35)(H,38,39). The largest absolute Gasteiger partial charge is 0.508 e. The van der Waals surface area contributed by atoms with Crippen molar-refractivity contribution in [3.63, 3.8) is 0 Å². The van der Waals surface area contributed by atoms with Crippen LogP contribution in [0.25, 0.3) is 0 Å². The first-order valence-corrected chi connectivity index (χ1v) is 13.3. The van der Waals surface area contributed by atoms with E-state index in [0.717, 1.165) is 5.56 Å². The molecule has 3 amide bonds. The summed E-state index contributed by atoms with van der Waals surface area (Å²) in [7, 11) is 0. The summed E-state index contributed by atoms with van der Waals surface area (Å²) in [6.45, 7) is 4.05. The number of hydrogen-bond donors (Lipinski definition) is 5. The predicted octanol–water partition coefficient (Wildman–Crippen LogP) is 1.60. The number of phenolic OH excluding ortho intramolecular Hbond substituents is 1. The molecule has 3 rings (SSSR count). The number of carboxylic acid groups (broad SMARTS) is 1. The topological polar surface area (TPSA) is 162 Å².